The predicted molar refractivity (Wildman–Crippen MR) is 96.8 cm³/mol. The third-order valence-corrected chi connectivity index (χ3v) is 4.17. The summed E-state index contributed by atoms with van der Waals surface area (Å²) >= 11 is 0. The van der Waals surface area contributed by atoms with Crippen molar-refractivity contribution in [3.63, 3.8) is 0 Å². The number of carbonyl (C=O) groups is 1. The van der Waals surface area contributed by atoms with Crippen LogP contribution in [0.4, 0.5) is 0 Å². The zero-order chi connectivity index (χ0) is 18.6. The summed E-state index contributed by atoms with van der Waals surface area (Å²) in [5, 5.41) is 17.2. The van der Waals surface area contributed by atoms with Crippen LogP contribution in [-0.2, 0) is 0 Å². The molecular weight excluding hydrogens is 318 g/mol. The Morgan fingerprint density at radius 1 is 1.20 bits per heavy atom. The molecule has 1 amide bonds. The molecule has 2 aromatic rings. The number of aliphatic hydroxyl groups is 1. The zero-order valence-corrected chi connectivity index (χ0v) is 15.1. The Kier molecular flexibility index (Phi) is 5.74. The van der Waals surface area contributed by atoms with E-state index in [1.165, 1.54) is 16.8 Å². The smallest absolute Gasteiger partial charge is 0.271 e. The quantitative estimate of drug-likeness (QED) is 0.840. The second kappa shape index (κ2) is 7.61. The van der Waals surface area contributed by atoms with Crippen molar-refractivity contribution in [3.8, 4) is 5.69 Å². The number of rotatable bonds is 6. The van der Waals surface area contributed by atoms with Gasteiger partial charge in [0.15, 0.2) is 0 Å². The van der Waals surface area contributed by atoms with Crippen molar-refractivity contribution in [1.82, 2.24) is 15.1 Å². The third-order valence-electron chi connectivity index (χ3n) is 4.17. The normalized spacial score (nSPS) is 12.9. The molecular formula is C19H25N3O3. The summed E-state index contributed by atoms with van der Waals surface area (Å²) in [6.45, 7) is 7.97. The van der Waals surface area contributed by atoms with Crippen molar-refractivity contribution in [2.24, 2.45) is 11.3 Å². The average Bonchev–Trinajstić information content (AvgIpc) is 2.60. The van der Waals surface area contributed by atoms with Gasteiger partial charge in [-0.05, 0) is 24.1 Å². The van der Waals surface area contributed by atoms with Crippen LogP contribution in [0.15, 0.2) is 47.3 Å². The second-order valence-corrected chi connectivity index (χ2v) is 7.16. The monoisotopic (exact) mass is 343 g/mol. The van der Waals surface area contributed by atoms with Crippen molar-refractivity contribution in [3.05, 3.63) is 58.5 Å². The number of benzene rings is 1. The first-order valence-electron chi connectivity index (χ1n) is 8.34. The van der Waals surface area contributed by atoms with Crippen molar-refractivity contribution < 1.29 is 9.90 Å². The molecule has 6 heteroatoms. The van der Waals surface area contributed by atoms with E-state index in [9.17, 15) is 14.7 Å². The van der Waals surface area contributed by atoms with Crippen LogP contribution in [0.25, 0.3) is 5.69 Å². The summed E-state index contributed by atoms with van der Waals surface area (Å²) in [7, 11) is 0. The molecule has 0 bridgehead atoms. The summed E-state index contributed by atoms with van der Waals surface area (Å²) < 4.78 is 1.20. The van der Waals surface area contributed by atoms with E-state index in [2.05, 4.69) is 10.4 Å². The van der Waals surface area contributed by atoms with Crippen LogP contribution >= 0.6 is 0 Å². The van der Waals surface area contributed by atoms with Gasteiger partial charge < -0.3 is 10.4 Å². The minimum absolute atomic E-state index is 0.0880. The fourth-order valence-electron chi connectivity index (χ4n) is 2.69. The standard InChI is InChI=1S/C19H25N3O3/c1-13(2)17(24)19(3,4)12-20-18(25)15-10-11-16(23)22(21-15)14-8-6-5-7-9-14/h5-11,13,17,24H,12H2,1-4H3,(H,20,25). The molecule has 25 heavy (non-hydrogen) atoms. The van der Waals surface area contributed by atoms with E-state index in [1.54, 1.807) is 24.3 Å². The maximum absolute atomic E-state index is 12.4. The Labute approximate surface area is 147 Å². The van der Waals surface area contributed by atoms with Gasteiger partial charge in [-0.1, -0.05) is 45.9 Å². The SMILES string of the molecule is CC(C)C(O)C(C)(C)CNC(=O)c1ccc(=O)n(-c2ccccc2)n1. The molecule has 1 atom stereocenters. The lowest BCUT2D eigenvalue weighted by Crippen LogP contribution is -2.44. The first-order valence-corrected chi connectivity index (χ1v) is 8.34. The van der Waals surface area contributed by atoms with Crippen molar-refractivity contribution in [2.75, 3.05) is 6.54 Å². The lowest BCUT2D eigenvalue weighted by Gasteiger charge is -2.33. The number of hydrogen-bond donors (Lipinski definition) is 2. The summed E-state index contributed by atoms with van der Waals surface area (Å²) in [6.07, 6.45) is -0.543. The van der Waals surface area contributed by atoms with Gasteiger partial charge in [0.05, 0.1) is 11.8 Å². The highest BCUT2D eigenvalue weighted by atomic mass is 16.3. The summed E-state index contributed by atoms with van der Waals surface area (Å²) in [5.74, 6) is -0.293. The first-order chi connectivity index (χ1) is 11.7. The number of hydrogen-bond acceptors (Lipinski definition) is 4. The van der Waals surface area contributed by atoms with Crippen molar-refractivity contribution >= 4 is 5.91 Å². The molecule has 2 rings (SSSR count). The van der Waals surface area contributed by atoms with Crippen LogP contribution < -0.4 is 10.9 Å². The third kappa shape index (κ3) is 4.54. The minimum Gasteiger partial charge on any atom is -0.392 e. The van der Waals surface area contributed by atoms with Gasteiger partial charge in [0, 0.05) is 18.0 Å². The molecule has 0 spiro atoms. The molecule has 0 saturated carbocycles. The molecule has 1 aromatic heterocycles. The van der Waals surface area contributed by atoms with Gasteiger partial charge in [0.25, 0.3) is 11.5 Å². The first kappa shape index (κ1) is 18.9. The average molecular weight is 343 g/mol. The van der Waals surface area contributed by atoms with E-state index < -0.39 is 11.5 Å². The van der Waals surface area contributed by atoms with Gasteiger partial charge in [-0.25, -0.2) is 0 Å². The van der Waals surface area contributed by atoms with Gasteiger partial charge >= 0.3 is 0 Å². The number of carbonyl (C=O) groups excluding carboxylic acids is 1. The van der Waals surface area contributed by atoms with Crippen LogP contribution in [0.1, 0.15) is 38.2 Å². The van der Waals surface area contributed by atoms with Crippen LogP contribution in [0.3, 0.4) is 0 Å². The molecule has 0 fully saturated rings. The molecule has 1 heterocycles. The maximum atomic E-state index is 12.4. The Balaban J connectivity index is 2.17. The molecule has 6 nitrogen and oxygen atoms in total. The Bertz CT molecular complexity index is 782. The molecule has 2 N–H and O–H groups in total. The van der Waals surface area contributed by atoms with Gasteiger partial charge in [-0.3, -0.25) is 9.59 Å². The Morgan fingerprint density at radius 3 is 2.44 bits per heavy atom. The van der Waals surface area contributed by atoms with Gasteiger partial charge in [-0.2, -0.15) is 9.78 Å². The lowest BCUT2D eigenvalue weighted by molar-refractivity contribution is 0.0138. The van der Waals surface area contributed by atoms with E-state index in [0.717, 1.165) is 0 Å². The number of aromatic nitrogens is 2. The number of para-hydroxylation sites is 1. The predicted octanol–water partition coefficient (Wildman–Crippen LogP) is 2.01. The topological polar surface area (TPSA) is 84.2 Å². The van der Waals surface area contributed by atoms with Gasteiger partial charge in [0.1, 0.15) is 5.69 Å². The van der Waals surface area contributed by atoms with E-state index >= 15 is 0 Å². The summed E-state index contributed by atoms with van der Waals surface area (Å²) in [4.78, 5) is 24.4. The van der Waals surface area contributed by atoms with Crippen LogP contribution in [0.5, 0.6) is 0 Å². The van der Waals surface area contributed by atoms with Crippen LogP contribution in [0.2, 0.25) is 0 Å². The van der Waals surface area contributed by atoms with E-state index in [0.29, 0.717) is 12.2 Å². The van der Waals surface area contributed by atoms with E-state index in [4.69, 9.17) is 0 Å². The van der Waals surface area contributed by atoms with Crippen LogP contribution in [-0.4, -0.2) is 33.4 Å². The summed E-state index contributed by atoms with van der Waals surface area (Å²) in [6, 6.07) is 11.7. The molecule has 0 saturated heterocycles. The molecule has 0 radical (unpaired) electrons. The Hall–Kier alpha value is -2.47. The maximum Gasteiger partial charge on any atom is 0.271 e. The molecule has 1 unspecified atom stereocenters. The van der Waals surface area contributed by atoms with E-state index in [1.807, 2.05) is 33.8 Å². The zero-order valence-electron chi connectivity index (χ0n) is 15.1. The van der Waals surface area contributed by atoms with Crippen molar-refractivity contribution in [1.29, 1.82) is 0 Å². The minimum atomic E-state index is -0.543. The van der Waals surface area contributed by atoms with Crippen LogP contribution in [0, 0.1) is 11.3 Å². The second-order valence-electron chi connectivity index (χ2n) is 7.16. The lowest BCUT2D eigenvalue weighted by atomic mass is 9.80. The van der Waals surface area contributed by atoms with E-state index in [-0.39, 0.29) is 23.1 Å². The van der Waals surface area contributed by atoms with Gasteiger partial charge in [-0.15, -0.1) is 0 Å². The Morgan fingerprint density at radius 2 is 1.84 bits per heavy atom. The number of amides is 1. The highest BCUT2D eigenvalue weighted by Gasteiger charge is 2.30. The van der Waals surface area contributed by atoms with Gasteiger partial charge in [0.2, 0.25) is 0 Å². The number of nitrogens with one attached hydrogen (secondary N) is 1. The molecule has 134 valence electrons. The molecule has 0 aliphatic rings. The number of aliphatic hydroxyl groups excluding tert-OH is 1. The largest absolute Gasteiger partial charge is 0.392 e. The molecule has 0 aliphatic heterocycles. The fraction of sp³-hybridized carbons (Fsp3) is 0.421. The highest BCUT2D eigenvalue weighted by molar-refractivity contribution is 5.92. The molecule has 0 aliphatic carbocycles. The fourth-order valence-corrected chi connectivity index (χ4v) is 2.69. The molecule has 1 aromatic carbocycles. The summed E-state index contributed by atoms with van der Waals surface area (Å²) in [5.41, 5.74) is -0.0353. The highest BCUT2D eigenvalue weighted by Crippen LogP contribution is 2.25. The number of nitrogens with zero attached hydrogens (tertiary/aromatic N) is 2. The van der Waals surface area contributed by atoms with Crippen molar-refractivity contribution in [2.45, 2.75) is 33.8 Å².